The molecule has 3 aromatic rings. The lowest BCUT2D eigenvalue weighted by molar-refractivity contribution is -0.384. The molecule has 0 saturated heterocycles. The van der Waals surface area contributed by atoms with Gasteiger partial charge in [0.25, 0.3) is 5.69 Å². The molecule has 4 rings (SSSR count). The number of aryl methyl sites for hydroxylation is 1. The first-order chi connectivity index (χ1) is 16.8. The first kappa shape index (κ1) is 24.4. The molecule has 0 bridgehead atoms. The lowest BCUT2D eigenvalue weighted by atomic mass is 10.1. The molecule has 1 aliphatic rings. The molecular formula is C26H21IN2O6. The molecule has 0 fully saturated rings. The number of hydrogen-bond donors (Lipinski definition) is 0. The summed E-state index contributed by atoms with van der Waals surface area (Å²) >= 11 is 2.17. The number of esters is 1. The number of aliphatic imine (C=N–C) groups is 1. The zero-order chi connectivity index (χ0) is 24.9. The van der Waals surface area contributed by atoms with Crippen LogP contribution in [-0.4, -0.2) is 23.4 Å². The minimum atomic E-state index is -0.606. The maximum atomic E-state index is 12.4. The summed E-state index contributed by atoms with van der Waals surface area (Å²) in [5.41, 5.74) is 3.45. The highest BCUT2D eigenvalue weighted by Gasteiger charge is 2.25. The molecule has 0 N–H and O–H groups in total. The van der Waals surface area contributed by atoms with Gasteiger partial charge in [-0.05, 0) is 77.9 Å². The van der Waals surface area contributed by atoms with E-state index in [1.54, 1.807) is 12.1 Å². The van der Waals surface area contributed by atoms with Crippen LogP contribution in [0.2, 0.25) is 0 Å². The van der Waals surface area contributed by atoms with Crippen LogP contribution in [0.1, 0.15) is 29.2 Å². The fourth-order valence-corrected chi connectivity index (χ4v) is 4.11. The van der Waals surface area contributed by atoms with E-state index in [-0.39, 0.29) is 17.3 Å². The van der Waals surface area contributed by atoms with Gasteiger partial charge in [-0.25, -0.2) is 9.79 Å². The molecule has 0 atom stereocenters. The second-order valence-electron chi connectivity index (χ2n) is 7.68. The van der Waals surface area contributed by atoms with E-state index in [2.05, 4.69) is 27.6 Å². The first-order valence-electron chi connectivity index (χ1n) is 10.8. The maximum Gasteiger partial charge on any atom is 0.363 e. The monoisotopic (exact) mass is 584 g/mol. The van der Waals surface area contributed by atoms with Gasteiger partial charge in [-0.1, -0.05) is 29.8 Å². The smallest absolute Gasteiger partial charge is 0.363 e. The van der Waals surface area contributed by atoms with Crippen LogP contribution in [0.4, 0.5) is 5.69 Å². The number of benzene rings is 3. The van der Waals surface area contributed by atoms with Gasteiger partial charge in [0.2, 0.25) is 5.90 Å². The maximum absolute atomic E-state index is 12.4. The summed E-state index contributed by atoms with van der Waals surface area (Å²) in [6.07, 6.45) is 1.61. The van der Waals surface area contributed by atoms with Gasteiger partial charge in [0.15, 0.2) is 17.2 Å². The molecule has 0 aromatic heterocycles. The molecule has 0 amide bonds. The Morgan fingerprint density at radius 2 is 1.80 bits per heavy atom. The minimum Gasteiger partial charge on any atom is -0.490 e. The molecule has 0 radical (unpaired) electrons. The Hall–Kier alpha value is -3.73. The fourth-order valence-electron chi connectivity index (χ4n) is 3.33. The number of non-ortho nitro benzene ring substituents is 1. The van der Waals surface area contributed by atoms with Crippen LogP contribution in [0.5, 0.6) is 11.5 Å². The topological polar surface area (TPSA) is 100 Å². The average molecular weight is 584 g/mol. The molecule has 35 heavy (non-hydrogen) atoms. The molecule has 3 aromatic carbocycles. The summed E-state index contributed by atoms with van der Waals surface area (Å²) in [7, 11) is 0. The number of carbonyl (C=O) groups is 1. The van der Waals surface area contributed by atoms with Gasteiger partial charge in [-0.15, -0.1) is 0 Å². The predicted octanol–water partition coefficient (Wildman–Crippen LogP) is 5.83. The van der Waals surface area contributed by atoms with Crippen LogP contribution in [0.25, 0.3) is 6.08 Å². The largest absolute Gasteiger partial charge is 0.490 e. The van der Waals surface area contributed by atoms with E-state index in [4.69, 9.17) is 14.2 Å². The van der Waals surface area contributed by atoms with E-state index in [0.29, 0.717) is 35.8 Å². The Morgan fingerprint density at radius 1 is 1.09 bits per heavy atom. The third-order valence-electron chi connectivity index (χ3n) is 5.08. The van der Waals surface area contributed by atoms with E-state index in [1.807, 2.05) is 44.2 Å². The third kappa shape index (κ3) is 5.86. The van der Waals surface area contributed by atoms with E-state index in [0.717, 1.165) is 9.13 Å². The molecular weight excluding hydrogens is 563 g/mol. The number of nitro benzene ring substituents is 1. The SMILES string of the molecule is CCOc1cc(/C=C2\N=C(c3ccc([N+](=O)[O-])cc3)OC2=O)cc(I)c1OCc1ccc(C)cc1. The molecule has 0 unspecified atom stereocenters. The summed E-state index contributed by atoms with van der Waals surface area (Å²) in [4.78, 5) is 27.0. The van der Waals surface area contributed by atoms with Crippen molar-refractivity contribution in [1.29, 1.82) is 0 Å². The molecule has 1 heterocycles. The van der Waals surface area contributed by atoms with Crippen molar-refractivity contribution in [2.24, 2.45) is 4.99 Å². The van der Waals surface area contributed by atoms with Crippen molar-refractivity contribution in [3.63, 3.8) is 0 Å². The minimum absolute atomic E-state index is 0.0582. The van der Waals surface area contributed by atoms with Gasteiger partial charge < -0.3 is 14.2 Å². The zero-order valence-corrected chi connectivity index (χ0v) is 21.1. The Morgan fingerprint density at radius 3 is 2.46 bits per heavy atom. The number of carbonyl (C=O) groups excluding carboxylic acids is 1. The molecule has 0 saturated carbocycles. The van der Waals surface area contributed by atoms with Gasteiger partial charge in [0.1, 0.15) is 6.61 Å². The molecule has 178 valence electrons. The van der Waals surface area contributed by atoms with E-state index < -0.39 is 10.9 Å². The number of nitro groups is 1. The second kappa shape index (κ2) is 10.7. The summed E-state index contributed by atoms with van der Waals surface area (Å²) < 4.78 is 18.0. The van der Waals surface area contributed by atoms with Crippen molar-refractivity contribution in [3.8, 4) is 11.5 Å². The zero-order valence-electron chi connectivity index (χ0n) is 19.0. The highest BCUT2D eigenvalue weighted by molar-refractivity contribution is 14.1. The number of nitrogens with zero attached hydrogens (tertiary/aromatic N) is 2. The van der Waals surface area contributed by atoms with Gasteiger partial charge in [-0.2, -0.15) is 0 Å². The van der Waals surface area contributed by atoms with Crippen LogP contribution >= 0.6 is 22.6 Å². The Kier molecular flexibility index (Phi) is 7.45. The lowest BCUT2D eigenvalue weighted by Crippen LogP contribution is -2.05. The van der Waals surface area contributed by atoms with Crippen molar-refractivity contribution in [3.05, 3.63) is 102 Å². The normalized spacial score (nSPS) is 14.0. The van der Waals surface area contributed by atoms with Crippen molar-refractivity contribution < 1.29 is 23.9 Å². The van der Waals surface area contributed by atoms with Gasteiger partial charge in [-0.3, -0.25) is 10.1 Å². The highest BCUT2D eigenvalue weighted by Crippen LogP contribution is 2.36. The van der Waals surface area contributed by atoms with Crippen molar-refractivity contribution in [2.45, 2.75) is 20.5 Å². The van der Waals surface area contributed by atoms with Gasteiger partial charge in [0, 0.05) is 17.7 Å². The third-order valence-corrected chi connectivity index (χ3v) is 5.89. The van der Waals surface area contributed by atoms with Crippen molar-refractivity contribution in [2.75, 3.05) is 6.61 Å². The Bertz CT molecular complexity index is 1330. The summed E-state index contributed by atoms with van der Waals surface area (Å²) in [5, 5.41) is 10.9. The first-order valence-corrected chi connectivity index (χ1v) is 11.8. The van der Waals surface area contributed by atoms with Crippen LogP contribution in [0.3, 0.4) is 0 Å². The fraction of sp³-hybridized carbons (Fsp3) is 0.154. The summed E-state index contributed by atoms with van der Waals surface area (Å²) in [6, 6.07) is 17.4. The van der Waals surface area contributed by atoms with Crippen LogP contribution in [0, 0.1) is 20.6 Å². The number of halogens is 1. The standard InChI is InChI=1S/C26H21IN2O6/c1-3-33-23-14-18(12-21(27)24(23)34-15-17-6-4-16(2)5-7-17)13-22-26(30)35-25(28-22)19-8-10-20(11-9-19)29(31)32/h4-14H,3,15H2,1-2H3/b22-13-. The second-order valence-corrected chi connectivity index (χ2v) is 8.84. The van der Waals surface area contributed by atoms with Crippen molar-refractivity contribution in [1.82, 2.24) is 0 Å². The van der Waals surface area contributed by atoms with Crippen LogP contribution in [0.15, 0.2) is 71.4 Å². The molecule has 0 spiro atoms. The predicted molar refractivity (Wildman–Crippen MR) is 140 cm³/mol. The van der Waals surface area contributed by atoms with Crippen LogP contribution in [-0.2, 0) is 16.1 Å². The van der Waals surface area contributed by atoms with E-state index in [1.165, 1.54) is 29.8 Å². The molecule has 1 aliphatic heterocycles. The van der Waals surface area contributed by atoms with E-state index >= 15 is 0 Å². The quantitative estimate of drug-likeness (QED) is 0.109. The Labute approximate surface area is 215 Å². The van der Waals surface area contributed by atoms with Crippen molar-refractivity contribution >= 4 is 46.2 Å². The molecule has 9 heteroatoms. The number of hydrogen-bond acceptors (Lipinski definition) is 7. The molecule has 8 nitrogen and oxygen atoms in total. The highest BCUT2D eigenvalue weighted by atomic mass is 127. The average Bonchev–Trinajstić information content (AvgIpc) is 3.20. The summed E-state index contributed by atoms with van der Waals surface area (Å²) in [5.74, 6) is 0.670. The Balaban J connectivity index is 1.59. The number of cyclic esters (lactones) is 1. The van der Waals surface area contributed by atoms with Crippen LogP contribution < -0.4 is 9.47 Å². The lowest BCUT2D eigenvalue weighted by Gasteiger charge is -2.15. The molecule has 0 aliphatic carbocycles. The van der Waals surface area contributed by atoms with Gasteiger partial charge in [0.05, 0.1) is 15.1 Å². The number of ether oxygens (including phenoxy) is 3. The summed E-state index contributed by atoms with van der Waals surface area (Å²) in [6.45, 7) is 4.76. The van der Waals surface area contributed by atoms with E-state index in [9.17, 15) is 14.9 Å². The number of rotatable bonds is 8. The van der Waals surface area contributed by atoms with Gasteiger partial charge >= 0.3 is 5.97 Å².